The molecule has 102 valence electrons. The molecule has 1 aromatic carbocycles. The first-order valence-corrected chi connectivity index (χ1v) is 6.63. The average Bonchev–Trinajstić information content (AvgIpc) is 2.77. The Morgan fingerprint density at radius 1 is 1.32 bits per heavy atom. The molecule has 0 bridgehead atoms. The number of tetrazole rings is 1. The number of aromatic nitrogens is 4. The molecule has 0 saturated heterocycles. The van der Waals surface area contributed by atoms with E-state index in [1.165, 1.54) is 21.5 Å². The molecule has 5 nitrogen and oxygen atoms in total. The van der Waals surface area contributed by atoms with Gasteiger partial charge >= 0.3 is 0 Å². The Hall–Kier alpha value is -1.75. The van der Waals surface area contributed by atoms with E-state index < -0.39 is 0 Å². The van der Waals surface area contributed by atoms with Crippen LogP contribution in [0.15, 0.2) is 18.2 Å². The lowest BCUT2D eigenvalue weighted by Crippen LogP contribution is -2.24. The Morgan fingerprint density at radius 2 is 2.11 bits per heavy atom. The zero-order chi connectivity index (χ0) is 13.8. The molecule has 1 N–H and O–H groups in total. The lowest BCUT2D eigenvalue weighted by molar-refractivity contribution is 0.532. The number of benzene rings is 1. The minimum atomic E-state index is 0.231. The molecule has 0 aliphatic rings. The van der Waals surface area contributed by atoms with E-state index in [1.54, 1.807) is 7.05 Å². The average molecular weight is 259 g/mol. The Balaban J connectivity index is 2.26. The second-order valence-electron chi connectivity index (χ2n) is 4.87. The smallest absolute Gasteiger partial charge is 0.176 e. The summed E-state index contributed by atoms with van der Waals surface area (Å²) in [7, 11) is 1.79. The van der Waals surface area contributed by atoms with Gasteiger partial charge in [-0.1, -0.05) is 30.7 Å². The van der Waals surface area contributed by atoms with Gasteiger partial charge in [0.05, 0.1) is 7.05 Å². The summed E-state index contributed by atoms with van der Waals surface area (Å²) in [6.45, 7) is 7.29. The lowest BCUT2D eigenvalue weighted by atomic mass is 9.96. The molecule has 0 radical (unpaired) electrons. The summed E-state index contributed by atoms with van der Waals surface area (Å²) in [5.74, 6) is 0.773. The maximum absolute atomic E-state index is 4.26. The van der Waals surface area contributed by atoms with Crippen LogP contribution in [0, 0.1) is 13.8 Å². The van der Waals surface area contributed by atoms with Crippen molar-refractivity contribution in [3.8, 4) is 0 Å². The molecule has 0 amide bonds. The van der Waals surface area contributed by atoms with Gasteiger partial charge in [-0.3, -0.25) is 0 Å². The Bertz CT molecular complexity index is 547. The third-order valence-corrected chi connectivity index (χ3v) is 3.20. The zero-order valence-electron chi connectivity index (χ0n) is 12.0. The Kier molecular flexibility index (Phi) is 4.27. The second-order valence-corrected chi connectivity index (χ2v) is 4.87. The third-order valence-electron chi connectivity index (χ3n) is 3.20. The topological polar surface area (TPSA) is 55.6 Å². The number of hydrogen-bond donors (Lipinski definition) is 1. The number of aryl methyl sites for hydroxylation is 3. The monoisotopic (exact) mass is 259 g/mol. The predicted octanol–water partition coefficient (Wildman–Crippen LogP) is 1.72. The van der Waals surface area contributed by atoms with Gasteiger partial charge in [0.15, 0.2) is 5.82 Å². The largest absolute Gasteiger partial charge is 0.310 e. The molecular weight excluding hydrogens is 238 g/mol. The molecule has 0 aliphatic carbocycles. The van der Waals surface area contributed by atoms with Crippen LogP contribution in [0.2, 0.25) is 0 Å². The molecule has 19 heavy (non-hydrogen) atoms. The van der Waals surface area contributed by atoms with Crippen molar-refractivity contribution in [2.75, 3.05) is 6.54 Å². The van der Waals surface area contributed by atoms with Crippen molar-refractivity contribution in [1.29, 1.82) is 0 Å². The minimum Gasteiger partial charge on any atom is -0.310 e. The zero-order valence-corrected chi connectivity index (χ0v) is 12.0. The highest BCUT2D eigenvalue weighted by Crippen LogP contribution is 2.21. The van der Waals surface area contributed by atoms with Crippen molar-refractivity contribution in [1.82, 2.24) is 25.5 Å². The highest BCUT2D eigenvalue weighted by atomic mass is 15.6. The summed E-state index contributed by atoms with van der Waals surface area (Å²) >= 11 is 0. The lowest BCUT2D eigenvalue weighted by Gasteiger charge is -2.19. The first-order chi connectivity index (χ1) is 9.10. The summed E-state index contributed by atoms with van der Waals surface area (Å²) < 4.78 is 0. The van der Waals surface area contributed by atoms with E-state index in [-0.39, 0.29) is 6.04 Å². The Morgan fingerprint density at radius 3 is 2.74 bits per heavy atom. The molecule has 1 unspecified atom stereocenters. The normalized spacial score (nSPS) is 12.6. The first kappa shape index (κ1) is 13.7. The van der Waals surface area contributed by atoms with Crippen LogP contribution < -0.4 is 5.32 Å². The van der Waals surface area contributed by atoms with E-state index in [0.29, 0.717) is 0 Å². The van der Waals surface area contributed by atoms with Crippen LogP contribution in [0.4, 0.5) is 0 Å². The van der Waals surface area contributed by atoms with Crippen LogP contribution >= 0.6 is 0 Å². The fourth-order valence-electron chi connectivity index (χ4n) is 2.26. The number of likely N-dealkylation sites (N-methyl/N-ethyl adjacent to an activating group) is 1. The van der Waals surface area contributed by atoms with Crippen LogP contribution in [0.5, 0.6) is 0 Å². The minimum absolute atomic E-state index is 0.231. The van der Waals surface area contributed by atoms with Gasteiger partial charge in [-0.2, -0.15) is 4.80 Å². The summed E-state index contributed by atoms with van der Waals surface area (Å²) in [5.41, 5.74) is 3.88. The molecule has 0 aliphatic heterocycles. The molecular formula is C14H21N5. The van der Waals surface area contributed by atoms with Crippen LogP contribution in [0.3, 0.4) is 0 Å². The number of nitrogens with one attached hydrogen (secondary N) is 1. The van der Waals surface area contributed by atoms with Crippen LogP contribution in [0.1, 0.15) is 35.5 Å². The highest BCUT2D eigenvalue weighted by molar-refractivity contribution is 5.33. The van der Waals surface area contributed by atoms with Crippen LogP contribution in [-0.2, 0) is 13.5 Å². The van der Waals surface area contributed by atoms with Gasteiger partial charge in [0.25, 0.3) is 0 Å². The molecule has 0 fully saturated rings. The molecule has 1 heterocycles. The molecule has 0 spiro atoms. The van der Waals surface area contributed by atoms with E-state index in [0.717, 1.165) is 18.8 Å². The highest BCUT2D eigenvalue weighted by Gasteiger charge is 2.16. The van der Waals surface area contributed by atoms with Crippen molar-refractivity contribution in [3.63, 3.8) is 0 Å². The van der Waals surface area contributed by atoms with E-state index in [2.05, 4.69) is 59.7 Å². The molecule has 0 saturated carbocycles. The molecule has 1 aromatic heterocycles. The van der Waals surface area contributed by atoms with Crippen molar-refractivity contribution in [3.05, 3.63) is 40.7 Å². The van der Waals surface area contributed by atoms with Crippen LogP contribution in [-0.4, -0.2) is 26.8 Å². The van der Waals surface area contributed by atoms with Crippen LogP contribution in [0.25, 0.3) is 0 Å². The maximum Gasteiger partial charge on any atom is 0.176 e. The van der Waals surface area contributed by atoms with Crippen molar-refractivity contribution in [2.45, 2.75) is 33.2 Å². The van der Waals surface area contributed by atoms with Gasteiger partial charge < -0.3 is 5.32 Å². The van der Waals surface area contributed by atoms with Crippen molar-refractivity contribution in [2.24, 2.45) is 7.05 Å². The number of hydrogen-bond acceptors (Lipinski definition) is 4. The van der Waals surface area contributed by atoms with Gasteiger partial charge in [-0.15, -0.1) is 10.2 Å². The fraction of sp³-hybridized carbons (Fsp3) is 0.500. The third kappa shape index (κ3) is 3.38. The fourth-order valence-corrected chi connectivity index (χ4v) is 2.26. The van der Waals surface area contributed by atoms with Gasteiger partial charge in [0.2, 0.25) is 0 Å². The maximum atomic E-state index is 4.26. The van der Waals surface area contributed by atoms with E-state index in [1.807, 2.05) is 0 Å². The molecule has 2 aromatic rings. The summed E-state index contributed by atoms with van der Waals surface area (Å²) in [6, 6.07) is 6.77. The van der Waals surface area contributed by atoms with Crippen molar-refractivity contribution < 1.29 is 0 Å². The first-order valence-electron chi connectivity index (χ1n) is 6.63. The van der Waals surface area contributed by atoms with Gasteiger partial charge in [-0.25, -0.2) is 0 Å². The van der Waals surface area contributed by atoms with E-state index in [4.69, 9.17) is 0 Å². The van der Waals surface area contributed by atoms with Gasteiger partial charge in [0, 0.05) is 12.5 Å². The van der Waals surface area contributed by atoms with Gasteiger partial charge in [0.1, 0.15) is 0 Å². The summed E-state index contributed by atoms with van der Waals surface area (Å²) in [5, 5.41) is 15.7. The molecule has 5 heteroatoms. The van der Waals surface area contributed by atoms with E-state index >= 15 is 0 Å². The summed E-state index contributed by atoms with van der Waals surface area (Å²) in [4.78, 5) is 1.50. The molecule has 1 atom stereocenters. The standard InChI is InChI=1S/C14H21N5/c1-5-15-13(9-14-16-18-19(4)17-14)12-8-10(2)6-7-11(12)3/h6-8,13,15H,5,9H2,1-4H3. The number of rotatable bonds is 5. The second kappa shape index (κ2) is 5.93. The SMILES string of the molecule is CCNC(Cc1nnn(C)n1)c1cc(C)ccc1C. The molecule has 2 rings (SSSR count). The summed E-state index contributed by atoms with van der Waals surface area (Å²) in [6.07, 6.45) is 0.756. The Labute approximate surface area is 114 Å². The predicted molar refractivity (Wildman–Crippen MR) is 74.8 cm³/mol. The van der Waals surface area contributed by atoms with Gasteiger partial charge in [-0.05, 0) is 36.7 Å². The quantitative estimate of drug-likeness (QED) is 0.888. The van der Waals surface area contributed by atoms with Crippen molar-refractivity contribution >= 4 is 0 Å². The number of nitrogens with zero attached hydrogens (tertiary/aromatic N) is 4. The van der Waals surface area contributed by atoms with E-state index in [9.17, 15) is 0 Å².